The van der Waals surface area contributed by atoms with Gasteiger partial charge in [0.25, 0.3) is 5.91 Å². The summed E-state index contributed by atoms with van der Waals surface area (Å²) >= 11 is 1.74. The molecule has 0 aliphatic heterocycles. The number of aryl methyl sites for hydroxylation is 2. The molecule has 3 nitrogen and oxygen atoms in total. The zero-order valence-electron chi connectivity index (χ0n) is 15.6. The van der Waals surface area contributed by atoms with Gasteiger partial charge < -0.3 is 9.88 Å². The molecule has 3 atom stereocenters. The standard InChI is InChI=1S/C23H26N2OS/c26-22(24-20-14-17-8-9-18(20)13-17)21-15-19-10-12-27-23(19)25(21)11-4-7-16-5-2-1-3-6-16/h1-3,5-6,10,12,15,17-18,20H,4,7-9,11,13-14H2,(H,24,26). The maximum Gasteiger partial charge on any atom is 0.268 e. The van der Waals surface area contributed by atoms with E-state index in [0.717, 1.165) is 31.0 Å². The number of benzene rings is 1. The molecule has 1 aromatic carbocycles. The number of nitrogens with one attached hydrogen (secondary N) is 1. The molecule has 3 unspecified atom stereocenters. The van der Waals surface area contributed by atoms with E-state index in [9.17, 15) is 4.79 Å². The minimum atomic E-state index is 0.121. The van der Waals surface area contributed by atoms with Gasteiger partial charge in [-0.3, -0.25) is 4.79 Å². The molecule has 4 heteroatoms. The molecule has 2 saturated carbocycles. The minimum Gasteiger partial charge on any atom is -0.348 e. The van der Waals surface area contributed by atoms with Crippen molar-refractivity contribution in [2.24, 2.45) is 11.8 Å². The summed E-state index contributed by atoms with van der Waals surface area (Å²) in [4.78, 5) is 14.3. The lowest BCUT2D eigenvalue weighted by Gasteiger charge is -2.23. The highest BCUT2D eigenvalue weighted by Crippen LogP contribution is 2.44. The number of rotatable bonds is 6. The van der Waals surface area contributed by atoms with Gasteiger partial charge in [0.1, 0.15) is 10.5 Å². The predicted octanol–water partition coefficient (Wildman–Crippen LogP) is 5.25. The molecular formula is C23H26N2OS. The molecule has 0 saturated heterocycles. The van der Waals surface area contributed by atoms with Gasteiger partial charge in [-0.15, -0.1) is 11.3 Å². The van der Waals surface area contributed by atoms with Gasteiger partial charge in [0.05, 0.1) is 0 Å². The molecule has 2 heterocycles. The van der Waals surface area contributed by atoms with Gasteiger partial charge in [0, 0.05) is 18.0 Å². The Labute approximate surface area is 164 Å². The van der Waals surface area contributed by atoms with E-state index in [2.05, 4.69) is 57.7 Å². The van der Waals surface area contributed by atoms with Crippen LogP contribution < -0.4 is 5.32 Å². The second-order valence-corrected chi connectivity index (χ2v) is 9.10. The second-order valence-electron chi connectivity index (χ2n) is 8.21. The average molecular weight is 379 g/mol. The summed E-state index contributed by atoms with van der Waals surface area (Å²) in [6.07, 6.45) is 7.24. The van der Waals surface area contributed by atoms with Crippen LogP contribution in [0.15, 0.2) is 47.8 Å². The largest absolute Gasteiger partial charge is 0.348 e. The Kier molecular flexibility index (Phi) is 4.52. The molecule has 3 aromatic rings. The van der Waals surface area contributed by atoms with Crippen molar-refractivity contribution in [3.8, 4) is 0 Å². The molecule has 2 bridgehead atoms. The SMILES string of the molecule is O=C(NC1CC2CCC1C2)c1cc2ccsc2n1CCCc1ccccc1. The Balaban J connectivity index is 1.32. The number of amides is 1. The number of nitrogens with zero attached hydrogens (tertiary/aromatic N) is 1. The van der Waals surface area contributed by atoms with Crippen LogP contribution in [-0.2, 0) is 13.0 Å². The van der Waals surface area contributed by atoms with Crippen LogP contribution in [0.1, 0.15) is 48.2 Å². The van der Waals surface area contributed by atoms with E-state index in [1.807, 2.05) is 0 Å². The highest BCUT2D eigenvalue weighted by Gasteiger charge is 2.40. The molecular weight excluding hydrogens is 352 g/mol. The molecule has 2 fully saturated rings. The quantitative estimate of drug-likeness (QED) is 0.624. The minimum absolute atomic E-state index is 0.121. The average Bonchev–Trinajstić information content (AvgIpc) is 3.44. The monoisotopic (exact) mass is 378 g/mol. The van der Waals surface area contributed by atoms with E-state index in [4.69, 9.17) is 0 Å². The van der Waals surface area contributed by atoms with E-state index in [-0.39, 0.29) is 5.91 Å². The topological polar surface area (TPSA) is 34.0 Å². The van der Waals surface area contributed by atoms with Crippen molar-refractivity contribution >= 4 is 27.5 Å². The van der Waals surface area contributed by atoms with E-state index in [0.29, 0.717) is 12.0 Å². The first-order valence-corrected chi connectivity index (χ1v) is 11.1. The molecule has 0 radical (unpaired) electrons. The lowest BCUT2D eigenvalue weighted by atomic mass is 9.95. The fourth-order valence-electron chi connectivity index (χ4n) is 5.13. The highest BCUT2D eigenvalue weighted by molar-refractivity contribution is 7.16. The number of hydrogen-bond donors (Lipinski definition) is 1. The molecule has 27 heavy (non-hydrogen) atoms. The number of carbonyl (C=O) groups is 1. The number of fused-ring (bicyclic) bond motifs is 3. The van der Waals surface area contributed by atoms with Crippen molar-refractivity contribution in [1.82, 2.24) is 9.88 Å². The van der Waals surface area contributed by atoms with Gasteiger partial charge in [0.2, 0.25) is 0 Å². The van der Waals surface area contributed by atoms with Gasteiger partial charge in [0.15, 0.2) is 0 Å². The predicted molar refractivity (Wildman–Crippen MR) is 111 cm³/mol. The van der Waals surface area contributed by atoms with Crippen LogP contribution in [-0.4, -0.2) is 16.5 Å². The third kappa shape index (κ3) is 3.31. The summed E-state index contributed by atoms with van der Waals surface area (Å²) in [5.41, 5.74) is 2.20. The highest BCUT2D eigenvalue weighted by atomic mass is 32.1. The molecule has 1 amide bonds. The lowest BCUT2D eigenvalue weighted by molar-refractivity contribution is 0.0914. The van der Waals surface area contributed by atoms with Crippen LogP contribution in [0.25, 0.3) is 10.2 Å². The van der Waals surface area contributed by atoms with Gasteiger partial charge in [-0.2, -0.15) is 0 Å². The number of thiophene rings is 1. The first kappa shape index (κ1) is 17.1. The lowest BCUT2D eigenvalue weighted by Crippen LogP contribution is -2.39. The molecule has 5 rings (SSSR count). The van der Waals surface area contributed by atoms with Crippen LogP contribution in [0.5, 0.6) is 0 Å². The van der Waals surface area contributed by atoms with Crippen LogP contribution in [0, 0.1) is 11.8 Å². The van der Waals surface area contributed by atoms with Crippen molar-refractivity contribution < 1.29 is 4.79 Å². The Morgan fingerprint density at radius 2 is 2.04 bits per heavy atom. The molecule has 1 N–H and O–H groups in total. The third-order valence-electron chi connectivity index (χ3n) is 6.48. The summed E-state index contributed by atoms with van der Waals surface area (Å²) in [5, 5.41) is 6.68. The van der Waals surface area contributed by atoms with Crippen molar-refractivity contribution in [2.45, 2.75) is 51.1 Å². The first-order chi connectivity index (χ1) is 13.3. The van der Waals surface area contributed by atoms with Crippen LogP contribution in [0.4, 0.5) is 0 Å². The first-order valence-electron chi connectivity index (χ1n) is 10.2. The number of aromatic nitrogens is 1. The van der Waals surface area contributed by atoms with E-state index in [1.54, 1.807) is 11.3 Å². The van der Waals surface area contributed by atoms with Crippen LogP contribution in [0.3, 0.4) is 0 Å². The number of carbonyl (C=O) groups excluding carboxylic acids is 1. The zero-order chi connectivity index (χ0) is 18.2. The van der Waals surface area contributed by atoms with Gasteiger partial charge in [-0.05, 0) is 67.0 Å². The summed E-state index contributed by atoms with van der Waals surface area (Å²) in [6.45, 7) is 0.887. The van der Waals surface area contributed by atoms with Crippen molar-refractivity contribution in [3.05, 3.63) is 59.1 Å². The molecule has 0 spiro atoms. The van der Waals surface area contributed by atoms with E-state index < -0.39 is 0 Å². The van der Waals surface area contributed by atoms with Crippen LogP contribution >= 0.6 is 11.3 Å². The number of hydrogen-bond acceptors (Lipinski definition) is 2. The van der Waals surface area contributed by atoms with Crippen molar-refractivity contribution in [3.63, 3.8) is 0 Å². The fraction of sp³-hybridized carbons (Fsp3) is 0.435. The smallest absolute Gasteiger partial charge is 0.268 e. The van der Waals surface area contributed by atoms with Crippen molar-refractivity contribution in [2.75, 3.05) is 0 Å². The van der Waals surface area contributed by atoms with E-state index >= 15 is 0 Å². The Hall–Kier alpha value is -2.07. The van der Waals surface area contributed by atoms with Gasteiger partial charge >= 0.3 is 0 Å². The molecule has 2 aliphatic rings. The molecule has 2 aromatic heterocycles. The molecule has 2 aliphatic carbocycles. The van der Waals surface area contributed by atoms with Gasteiger partial charge in [-0.1, -0.05) is 36.8 Å². The normalized spacial score (nSPS) is 23.9. The zero-order valence-corrected chi connectivity index (χ0v) is 16.4. The van der Waals surface area contributed by atoms with Gasteiger partial charge in [-0.25, -0.2) is 0 Å². The van der Waals surface area contributed by atoms with E-state index in [1.165, 1.54) is 41.5 Å². The van der Waals surface area contributed by atoms with Crippen molar-refractivity contribution in [1.29, 1.82) is 0 Å². The Morgan fingerprint density at radius 1 is 1.15 bits per heavy atom. The second kappa shape index (κ2) is 7.16. The Bertz CT molecular complexity index is 942. The van der Waals surface area contributed by atoms with Crippen LogP contribution in [0.2, 0.25) is 0 Å². The summed E-state index contributed by atoms with van der Waals surface area (Å²) in [6, 6.07) is 15.2. The maximum atomic E-state index is 13.1. The maximum absolute atomic E-state index is 13.1. The fourth-order valence-corrected chi connectivity index (χ4v) is 6.06. The summed E-state index contributed by atoms with van der Waals surface area (Å²) in [7, 11) is 0. The molecule has 140 valence electrons. The summed E-state index contributed by atoms with van der Waals surface area (Å²) < 4.78 is 2.24. The Morgan fingerprint density at radius 3 is 2.81 bits per heavy atom. The third-order valence-corrected chi connectivity index (χ3v) is 7.43. The summed E-state index contributed by atoms with van der Waals surface area (Å²) in [5.74, 6) is 1.68.